The van der Waals surface area contributed by atoms with E-state index < -0.39 is 11.8 Å². The lowest BCUT2D eigenvalue weighted by Gasteiger charge is -2.32. The van der Waals surface area contributed by atoms with Crippen LogP contribution in [0.25, 0.3) is 10.8 Å². The number of nitrogens with two attached hydrogens (primary N) is 1. The highest BCUT2D eigenvalue weighted by Gasteiger charge is 2.21. The number of aromatic nitrogens is 1. The minimum atomic E-state index is -1.53. The molecule has 0 bridgehead atoms. The predicted molar refractivity (Wildman–Crippen MR) is 152 cm³/mol. The van der Waals surface area contributed by atoms with Gasteiger partial charge in [0.2, 0.25) is 5.78 Å². The number of nitrogens with zero attached hydrogens (tertiary/aromatic N) is 2. The molecule has 0 aliphatic carbocycles. The van der Waals surface area contributed by atoms with Crippen LogP contribution in [0.2, 0.25) is 0 Å². The Morgan fingerprint density at radius 3 is 2.50 bits per heavy atom. The lowest BCUT2D eigenvalue weighted by Crippen LogP contribution is -2.40. The van der Waals surface area contributed by atoms with Gasteiger partial charge in [-0.05, 0) is 54.8 Å². The second-order valence-corrected chi connectivity index (χ2v) is 9.30. The number of carbonyl (C=O) groups is 3. The number of nitrogen functional groups attached to an aromatic ring is 1. The highest BCUT2D eigenvalue weighted by molar-refractivity contribution is 6.33. The number of anilines is 1. The maximum Gasteiger partial charge on any atom is 0.372 e. The fourth-order valence-electron chi connectivity index (χ4n) is 4.41. The topological polar surface area (TPSA) is 168 Å². The lowest BCUT2D eigenvalue weighted by molar-refractivity contribution is -0.148. The molecule has 5 N–H and O–H groups in total. The smallest absolute Gasteiger partial charge is 0.372 e. The molecule has 0 saturated carbocycles. The maximum absolute atomic E-state index is 12.6. The van der Waals surface area contributed by atoms with Gasteiger partial charge in [0.25, 0.3) is 5.91 Å². The molecule has 40 heavy (non-hydrogen) atoms. The van der Waals surface area contributed by atoms with Gasteiger partial charge in [-0.1, -0.05) is 7.43 Å². The normalized spacial score (nSPS) is 13.3. The summed E-state index contributed by atoms with van der Waals surface area (Å²) in [5.74, 6) is -0.935. The Morgan fingerprint density at radius 2 is 1.85 bits per heavy atom. The molecule has 1 aliphatic rings. The van der Waals surface area contributed by atoms with Crippen molar-refractivity contribution in [2.75, 3.05) is 32.0 Å². The number of rotatable bonds is 10. The molecule has 0 atom stereocenters. The molecule has 1 amide bonds. The third-order valence-corrected chi connectivity index (χ3v) is 6.55. The zero-order chi connectivity index (χ0) is 27.9. The number of carbonyl (C=O) groups excluding carboxylic acids is 2. The van der Waals surface area contributed by atoms with Crippen LogP contribution in [0.5, 0.6) is 11.5 Å². The number of hydrogen-bond donors (Lipinski definition) is 4. The van der Waals surface area contributed by atoms with Crippen molar-refractivity contribution in [3.8, 4) is 11.5 Å². The van der Waals surface area contributed by atoms with Crippen LogP contribution in [0.3, 0.4) is 0 Å². The van der Waals surface area contributed by atoms with Gasteiger partial charge in [0, 0.05) is 55.1 Å². The molecular weight excluding hydrogens is 514 g/mol. The average molecular weight is 550 g/mol. The Kier molecular flexibility index (Phi) is 10.0. The summed E-state index contributed by atoms with van der Waals surface area (Å²) in [6, 6.07) is 11.9. The van der Waals surface area contributed by atoms with Crippen LogP contribution in [0.1, 0.15) is 43.1 Å². The van der Waals surface area contributed by atoms with E-state index in [1.54, 1.807) is 49.4 Å². The van der Waals surface area contributed by atoms with Gasteiger partial charge >= 0.3 is 5.97 Å². The molecule has 11 nitrogen and oxygen atoms in total. The van der Waals surface area contributed by atoms with Crippen molar-refractivity contribution >= 4 is 40.1 Å². The summed E-state index contributed by atoms with van der Waals surface area (Å²) in [5, 5.41) is 20.8. The van der Waals surface area contributed by atoms with Crippen molar-refractivity contribution in [3.05, 3.63) is 59.8 Å². The Bertz CT molecular complexity index is 1380. The molecule has 0 unspecified atom stereocenters. The minimum Gasteiger partial charge on any atom is -0.491 e. The first-order valence-corrected chi connectivity index (χ1v) is 12.6. The van der Waals surface area contributed by atoms with E-state index in [1.807, 2.05) is 4.90 Å². The third-order valence-electron chi connectivity index (χ3n) is 6.55. The number of nitrogens with one attached hydrogen (secondary N) is 2. The summed E-state index contributed by atoms with van der Waals surface area (Å²) in [6.07, 6.45) is 2.94. The Hall–Kier alpha value is -4.67. The van der Waals surface area contributed by atoms with Gasteiger partial charge in [-0.3, -0.25) is 15.0 Å². The molecule has 3 aromatic rings. The number of Topliss-reactive ketones (excluding diaryl/α,β-unsaturated/α-hetero) is 1. The number of likely N-dealkylation sites (tertiary alicyclic amines) is 1. The molecule has 0 radical (unpaired) electrons. The van der Waals surface area contributed by atoms with Crippen LogP contribution in [-0.2, 0) is 16.0 Å². The second-order valence-electron chi connectivity index (χ2n) is 9.30. The molecule has 1 aliphatic heterocycles. The molecule has 4 rings (SSSR count). The predicted octanol–water partition coefficient (Wildman–Crippen LogP) is 3.30. The number of piperidine rings is 1. The first kappa shape index (κ1) is 29.9. The van der Waals surface area contributed by atoms with Crippen LogP contribution in [-0.4, -0.2) is 70.8 Å². The number of hydrogen-bond acceptors (Lipinski definition) is 8. The Balaban J connectivity index is 0.00000441. The van der Waals surface area contributed by atoms with E-state index in [0.29, 0.717) is 39.2 Å². The highest BCUT2D eigenvalue weighted by Crippen LogP contribution is 2.29. The summed E-state index contributed by atoms with van der Waals surface area (Å²) in [4.78, 5) is 41.6. The number of pyridine rings is 1. The zero-order valence-electron chi connectivity index (χ0n) is 21.6. The van der Waals surface area contributed by atoms with Gasteiger partial charge in [-0.15, -0.1) is 0 Å². The minimum absolute atomic E-state index is 0. The van der Waals surface area contributed by atoms with Crippen molar-refractivity contribution in [1.29, 1.82) is 5.41 Å². The van der Waals surface area contributed by atoms with Crippen LogP contribution >= 0.6 is 0 Å². The molecule has 2 aromatic carbocycles. The summed E-state index contributed by atoms with van der Waals surface area (Å²) >= 11 is 0. The number of benzene rings is 2. The molecule has 1 saturated heterocycles. The van der Waals surface area contributed by atoms with Crippen molar-refractivity contribution < 1.29 is 29.0 Å². The van der Waals surface area contributed by atoms with E-state index in [2.05, 4.69) is 10.3 Å². The van der Waals surface area contributed by atoms with Gasteiger partial charge < -0.3 is 30.5 Å². The number of aliphatic carboxylic acids is 1. The van der Waals surface area contributed by atoms with Gasteiger partial charge in [0.15, 0.2) is 0 Å². The SMILES string of the molecule is C.CC(=N)N1CCC(Oc2ccc(C(=O)NCCOc3cc4c(N)nccc4cc3CC(=O)C(=O)O)cc2)CC1. The van der Waals surface area contributed by atoms with Gasteiger partial charge in [-0.2, -0.15) is 0 Å². The first-order chi connectivity index (χ1) is 18.7. The number of amides is 1. The molecule has 1 aromatic heterocycles. The fourth-order valence-corrected chi connectivity index (χ4v) is 4.41. The number of ketones is 1. The maximum atomic E-state index is 12.6. The van der Waals surface area contributed by atoms with Crippen LogP contribution < -0.4 is 20.5 Å². The molecule has 11 heteroatoms. The van der Waals surface area contributed by atoms with Crippen molar-refractivity contribution in [3.63, 3.8) is 0 Å². The Labute approximate surface area is 232 Å². The number of ether oxygens (including phenoxy) is 2. The zero-order valence-corrected chi connectivity index (χ0v) is 21.6. The average Bonchev–Trinajstić information content (AvgIpc) is 2.92. The fraction of sp³-hybridized carbons (Fsp3) is 0.345. The van der Waals surface area contributed by atoms with Crippen molar-refractivity contribution in [2.24, 2.45) is 0 Å². The number of amidine groups is 1. The highest BCUT2D eigenvalue weighted by atomic mass is 16.5. The van der Waals surface area contributed by atoms with Crippen LogP contribution in [0.15, 0.2) is 48.7 Å². The van der Waals surface area contributed by atoms with E-state index in [1.165, 1.54) is 6.20 Å². The molecule has 1 fully saturated rings. The Morgan fingerprint density at radius 1 is 1.15 bits per heavy atom. The molecular formula is C29H35N5O6. The largest absolute Gasteiger partial charge is 0.491 e. The summed E-state index contributed by atoms with van der Waals surface area (Å²) < 4.78 is 11.8. The van der Waals surface area contributed by atoms with Gasteiger partial charge in [0.05, 0.1) is 12.4 Å². The van der Waals surface area contributed by atoms with Gasteiger partial charge in [-0.25, -0.2) is 9.78 Å². The first-order valence-electron chi connectivity index (χ1n) is 12.6. The number of fused-ring (bicyclic) bond motifs is 1. The van der Waals surface area contributed by atoms with E-state index in [4.69, 9.17) is 25.7 Å². The molecule has 0 spiro atoms. The van der Waals surface area contributed by atoms with Crippen molar-refractivity contribution in [1.82, 2.24) is 15.2 Å². The summed E-state index contributed by atoms with van der Waals surface area (Å²) in [6.45, 7) is 3.64. The monoisotopic (exact) mass is 549 g/mol. The van der Waals surface area contributed by atoms with E-state index in [0.717, 1.165) is 25.9 Å². The third kappa shape index (κ3) is 7.46. The second kappa shape index (κ2) is 13.4. The summed E-state index contributed by atoms with van der Waals surface area (Å²) in [5.41, 5.74) is 6.83. The number of carboxylic acid groups (broad SMARTS) is 1. The van der Waals surface area contributed by atoms with E-state index in [9.17, 15) is 14.4 Å². The van der Waals surface area contributed by atoms with Crippen LogP contribution in [0, 0.1) is 5.41 Å². The number of carboxylic acids is 1. The standard InChI is InChI=1S/C28H31N5O6.CH4/c1-17(29)33-11-7-22(8-12-33)39-21-4-2-18(3-5-21)27(35)32-10-13-38-25-16-23-19(6-9-31-26(23)30)14-20(25)15-24(34)28(36)37;/h2-6,9,14,16,22,29H,7-8,10-13,15H2,1H3,(H2,30,31)(H,32,35)(H,36,37);1H4. The van der Waals surface area contributed by atoms with Crippen molar-refractivity contribution in [2.45, 2.75) is 39.7 Å². The molecule has 212 valence electrons. The lowest BCUT2D eigenvalue weighted by atomic mass is 10.0. The van der Waals surface area contributed by atoms with Crippen LogP contribution in [0.4, 0.5) is 5.82 Å². The van der Waals surface area contributed by atoms with E-state index >= 15 is 0 Å². The summed E-state index contributed by atoms with van der Waals surface area (Å²) in [7, 11) is 0. The molecule has 2 heterocycles. The van der Waals surface area contributed by atoms with E-state index in [-0.39, 0.29) is 44.8 Å². The quantitative estimate of drug-likeness (QED) is 0.128. The van der Waals surface area contributed by atoms with Gasteiger partial charge in [0.1, 0.15) is 30.0 Å².